The summed E-state index contributed by atoms with van der Waals surface area (Å²) in [5.74, 6) is -1.15. The van der Waals surface area contributed by atoms with Gasteiger partial charge in [0.15, 0.2) is 0 Å². The second kappa shape index (κ2) is 57.9. The van der Waals surface area contributed by atoms with Crippen molar-refractivity contribution >= 4 is 47.8 Å². The van der Waals surface area contributed by atoms with Gasteiger partial charge in [0.2, 0.25) is 0 Å². The molecule has 686 valence electrons. The van der Waals surface area contributed by atoms with E-state index < -0.39 is 47.8 Å². The summed E-state index contributed by atoms with van der Waals surface area (Å²) in [4.78, 5) is 105. The molecule has 10 rings (SSSR count). The number of esters is 8. The zero-order valence-electron chi connectivity index (χ0n) is 75.5. The summed E-state index contributed by atoms with van der Waals surface area (Å²) in [7, 11) is 0. The van der Waals surface area contributed by atoms with Gasteiger partial charge in [-0.2, -0.15) is 0 Å². The van der Waals surface area contributed by atoms with Crippen LogP contribution in [-0.2, 0) is 0 Å². The maximum atomic E-state index is 13.2. The third-order valence-corrected chi connectivity index (χ3v) is 22.1. The zero-order valence-corrected chi connectivity index (χ0v) is 75.5. The fourth-order valence-electron chi connectivity index (χ4n) is 14.5. The molecular formula is C110H126O20. The average molecular weight is 1770 g/mol. The number of rotatable bonds is 61. The molecule has 0 bridgehead atoms. The molecule has 0 spiro atoms. The fourth-order valence-corrected chi connectivity index (χ4v) is 14.5. The van der Waals surface area contributed by atoms with E-state index >= 15 is 0 Å². The highest BCUT2D eigenvalue weighted by molar-refractivity contribution is 5.96. The number of carbonyl (C=O) groups is 8. The maximum Gasteiger partial charge on any atom is 0.343 e. The van der Waals surface area contributed by atoms with Crippen molar-refractivity contribution in [3.8, 4) is 69.0 Å². The third kappa shape index (κ3) is 37.5. The van der Waals surface area contributed by atoms with Crippen molar-refractivity contribution in [1.29, 1.82) is 0 Å². The van der Waals surface area contributed by atoms with Crippen molar-refractivity contribution in [1.82, 2.24) is 0 Å². The molecule has 0 amide bonds. The molecular weight excluding hydrogens is 1640 g/mol. The summed E-state index contributed by atoms with van der Waals surface area (Å²) in [6.45, 7) is 6.71. The molecule has 0 aliphatic heterocycles. The summed E-state index contributed by atoms with van der Waals surface area (Å²) in [5, 5.41) is 0. The van der Waals surface area contributed by atoms with Crippen molar-refractivity contribution < 1.29 is 95.2 Å². The third-order valence-electron chi connectivity index (χ3n) is 22.1. The summed E-state index contributed by atoms with van der Waals surface area (Å²) in [6, 6.07) is 62.6. The highest BCUT2D eigenvalue weighted by Gasteiger charge is 2.20. The Morgan fingerprint density at radius 3 is 0.438 bits per heavy atom. The van der Waals surface area contributed by atoms with Crippen LogP contribution in [0.15, 0.2) is 243 Å². The van der Waals surface area contributed by atoms with E-state index in [1.54, 1.807) is 121 Å². The summed E-state index contributed by atoms with van der Waals surface area (Å²) < 4.78 is 68.3. The van der Waals surface area contributed by atoms with Crippen LogP contribution in [0, 0.1) is 0 Å². The van der Waals surface area contributed by atoms with Crippen LogP contribution < -0.4 is 56.8 Å². The number of unbranched alkanes of at least 4 members (excludes halogenated alkanes) is 33. The molecule has 0 saturated carbocycles. The number of carbonyl (C=O) groups excluding carboxylic acids is 8. The number of ether oxygens (including phenoxy) is 12. The highest BCUT2D eigenvalue weighted by atomic mass is 16.6. The Bertz CT molecular complexity index is 4710. The van der Waals surface area contributed by atoms with Gasteiger partial charge in [0, 0.05) is 12.1 Å². The number of benzene rings is 10. The van der Waals surface area contributed by atoms with Crippen LogP contribution in [0.3, 0.4) is 0 Å². The quantitative estimate of drug-likeness (QED) is 0.0195. The van der Waals surface area contributed by atoms with E-state index in [9.17, 15) is 38.4 Å². The molecule has 0 aromatic heterocycles. The van der Waals surface area contributed by atoms with Crippen LogP contribution in [0.1, 0.15) is 328 Å². The van der Waals surface area contributed by atoms with Crippen LogP contribution in [0.25, 0.3) is 0 Å². The van der Waals surface area contributed by atoms with Gasteiger partial charge in [-0.25, -0.2) is 38.4 Å². The Labute approximate surface area is 766 Å². The minimum Gasteiger partial charge on any atom is -0.494 e. The molecule has 130 heavy (non-hydrogen) atoms. The first-order valence-corrected chi connectivity index (χ1v) is 47.0. The molecule has 0 fully saturated rings. The normalized spacial score (nSPS) is 10.9. The Morgan fingerprint density at radius 1 is 0.154 bits per heavy atom. The molecule has 0 heterocycles. The van der Waals surface area contributed by atoms with Gasteiger partial charge in [0.25, 0.3) is 0 Å². The number of hydrogen-bond acceptors (Lipinski definition) is 20. The standard InChI is InChI=1S/C110H126O20/c1-3-5-7-9-11-13-15-17-19-21-23-25-27-29-31-35-77-119-91-61-45-83(46-62-91)103(111)123-95-69-53-87(54-70-95)107(115)127-99-41-39-43-101(81-99)129-109(117)89-57-73-97(74-58-89)125-105(113)85-49-65-93(66-50-85)121-79-37-33-34-38-80-122-94-67-51-86(52-68-94)106(114)126-98-75-59-90(60-76-98)110(118)130-102-44-40-42-100(82-102)128-108(116)88-55-71-96(72-56-88)124-104(112)84-47-63-92(64-48-84)120-78-36-32-30-28-26-24-22-20-18-16-14-12-10-8-6-4-2/h39-76,81-82H,3-38,77-80H2,1-2H3. The predicted octanol–water partition coefficient (Wildman–Crippen LogP) is 27.7. The summed E-state index contributed by atoms with van der Waals surface area (Å²) in [5.41, 5.74) is 2.04. The lowest BCUT2D eigenvalue weighted by atomic mass is 10.0. The van der Waals surface area contributed by atoms with E-state index in [4.69, 9.17) is 56.8 Å². The molecule has 0 saturated heterocycles. The average Bonchev–Trinajstić information content (AvgIpc) is 0.816. The van der Waals surface area contributed by atoms with Crippen molar-refractivity contribution in [2.45, 2.75) is 245 Å². The Hall–Kier alpha value is -12.8. The van der Waals surface area contributed by atoms with Gasteiger partial charge < -0.3 is 56.8 Å². The van der Waals surface area contributed by atoms with E-state index in [0.717, 1.165) is 51.4 Å². The molecule has 0 N–H and O–H groups in total. The van der Waals surface area contributed by atoms with Crippen molar-refractivity contribution in [3.05, 3.63) is 287 Å². The molecule has 0 aliphatic rings. The minimum absolute atomic E-state index is 0.120. The molecule has 20 nitrogen and oxygen atoms in total. The SMILES string of the molecule is CCCCCCCCCCCCCCCCCCOc1ccc(C(=O)Oc2ccc(C(=O)Oc3cccc(OC(=O)c4ccc(OC(=O)c5ccc(OCCCCCCOc6ccc(C(=O)Oc7ccc(C(=O)Oc8cccc(OC(=O)c9ccc(OC(=O)c%10ccc(OCCCCCCCCCCCCCCCCCC)cc%10)cc9)c8)cc7)cc6)cc5)cc4)c3)cc2)cc1. The van der Waals surface area contributed by atoms with Crippen LogP contribution in [-0.4, -0.2) is 74.2 Å². The first kappa shape index (κ1) is 99.3. The van der Waals surface area contributed by atoms with E-state index in [1.807, 2.05) is 0 Å². The van der Waals surface area contributed by atoms with E-state index in [1.165, 1.54) is 301 Å². The van der Waals surface area contributed by atoms with Crippen molar-refractivity contribution in [3.63, 3.8) is 0 Å². The van der Waals surface area contributed by atoms with E-state index in [2.05, 4.69) is 13.8 Å². The Kier molecular flexibility index (Phi) is 44.2. The molecule has 10 aromatic rings. The van der Waals surface area contributed by atoms with Gasteiger partial charge in [-0.05, 0) is 257 Å². The van der Waals surface area contributed by atoms with Crippen LogP contribution >= 0.6 is 0 Å². The van der Waals surface area contributed by atoms with Gasteiger partial charge in [0.1, 0.15) is 69.0 Å². The molecule has 20 heteroatoms. The lowest BCUT2D eigenvalue weighted by Crippen LogP contribution is -2.11. The van der Waals surface area contributed by atoms with Gasteiger partial charge in [-0.1, -0.05) is 219 Å². The predicted molar refractivity (Wildman–Crippen MR) is 504 cm³/mol. The van der Waals surface area contributed by atoms with Crippen molar-refractivity contribution in [2.24, 2.45) is 0 Å². The minimum atomic E-state index is -0.700. The van der Waals surface area contributed by atoms with Crippen molar-refractivity contribution in [2.75, 3.05) is 26.4 Å². The fraction of sp³-hybridized carbons (Fsp3) is 0.382. The van der Waals surface area contributed by atoms with Gasteiger partial charge in [0.05, 0.1) is 70.9 Å². The van der Waals surface area contributed by atoms with Crippen LogP contribution in [0.2, 0.25) is 0 Å². The van der Waals surface area contributed by atoms with E-state index in [-0.39, 0.29) is 68.2 Å². The summed E-state index contributed by atoms with van der Waals surface area (Å²) in [6.07, 6.45) is 45.3. The maximum absolute atomic E-state index is 13.2. The first-order chi connectivity index (χ1) is 63.7. The molecule has 0 unspecified atom stereocenters. The second-order valence-electron chi connectivity index (χ2n) is 32.7. The summed E-state index contributed by atoms with van der Waals surface area (Å²) >= 11 is 0. The molecule has 0 radical (unpaired) electrons. The van der Waals surface area contributed by atoms with E-state index in [0.29, 0.717) is 71.7 Å². The smallest absolute Gasteiger partial charge is 0.343 e. The van der Waals surface area contributed by atoms with Gasteiger partial charge in [-0.3, -0.25) is 0 Å². The number of hydrogen-bond donors (Lipinski definition) is 0. The monoisotopic (exact) mass is 1770 g/mol. The molecule has 0 aliphatic carbocycles. The highest BCUT2D eigenvalue weighted by Crippen LogP contribution is 2.30. The van der Waals surface area contributed by atoms with Gasteiger partial charge >= 0.3 is 47.8 Å². The molecule has 0 atom stereocenters. The lowest BCUT2D eigenvalue weighted by Gasteiger charge is -2.10. The zero-order chi connectivity index (χ0) is 91.2. The van der Waals surface area contributed by atoms with Gasteiger partial charge in [-0.15, -0.1) is 0 Å². The van der Waals surface area contributed by atoms with Crippen LogP contribution in [0.5, 0.6) is 69.0 Å². The first-order valence-electron chi connectivity index (χ1n) is 47.0. The molecule has 10 aromatic carbocycles. The van der Waals surface area contributed by atoms with Crippen LogP contribution in [0.4, 0.5) is 0 Å². The Morgan fingerprint density at radius 2 is 0.285 bits per heavy atom. The topological polar surface area (TPSA) is 247 Å². The second-order valence-corrected chi connectivity index (χ2v) is 32.7. The largest absolute Gasteiger partial charge is 0.494 e. The lowest BCUT2D eigenvalue weighted by molar-refractivity contribution is 0.0711. The Balaban J connectivity index is 0.527.